The monoisotopic (exact) mass is 241 g/mol. The first kappa shape index (κ1) is 13.7. The molecule has 1 rings (SSSR count). The summed E-state index contributed by atoms with van der Waals surface area (Å²) in [7, 11) is 1.80. The number of hydrogen-bond acceptors (Lipinski definition) is 6. The highest BCUT2D eigenvalue weighted by Crippen LogP contribution is 2.41. The van der Waals surface area contributed by atoms with E-state index in [1.165, 1.54) is 11.1 Å². The zero-order valence-electron chi connectivity index (χ0n) is 10.8. The highest BCUT2D eigenvalue weighted by atomic mass is 16.5. The number of hydrogen-bond donors (Lipinski definition) is 2. The van der Waals surface area contributed by atoms with E-state index in [9.17, 15) is 10.0 Å². The second-order valence-corrected chi connectivity index (χ2v) is 5.10. The topological polar surface area (TPSA) is 76.4 Å². The van der Waals surface area contributed by atoms with Crippen LogP contribution >= 0.6 is 0 Å². The second kappa shape index (κ2) is 4.12. The summed E-state index contributed by atoms with van der Waals surface area (Å²) in [6.45, 7) is 7.32. The van der Waals surface area contributed by atoms with Crippen LogP contribution in [0.5, 0.6) is 0 Å². The molecule has 0 unspecified atom stereocenters. The lowest BCUT2D eigenvalue weighted by molar-refractivity contribution is -0.207. The standard InChI is InChI=1S/C11H19N3O3/c1-10(2)9(6-8(15)7-12-16)13(5)11(3,4)14(10)17/h6-7,16-17H,1-5H3/b9-6+,12-7+. The van der Waals surface area contributed by atoms with E-state index >= 15 is 0 Å². The molecule has 0 bridgehead atoms. The molecule has 6 heteroatoms. The first-order chi connectivity index (χ1) is 7.65. The Balaban J connectivity index is 3.20. The summed E-state index contributed by atoms with van der Waals surface area (Å²) in [6.07, 6.45) is 2.18. The van der Waals surface area contributed by atoms with Gasteiger partial charge in [0.05, 0.1) is 5.54 Å². The average Bonchev–Trinajstić information content (AvgIpc) is 2.32. The minimum absolute atomic E-state index is 0.423. The van der Waals surface area contributed by atoms with Crippen molar-refractivity contribution < 1.29 is 15.2 Å². The van der Waals surface area contributed by atoms with Crippen molar-refractivity contribution >= 4 is 12.0 Å². The molecular weight excluding hydrogens is 222 g/mol. The largest absolute Gasteiger partial charge is 0.411 e. The zero-order chi connectivity index (χ0) is 13.4. The van der Waals surface area contributed by atoms with Gasteiger partial charge in [-0.2, -0.15) is 5.06 Å². The van der Waals surface area contributed by atoms with Crippen molar-refractivity contribution in [3.63, 3.8) is 0 Å². The molecule has 0 aliphatic carbocycles. The maximum Gasteiger partial charge on any atom is 0.201 e. The summed E-state index contributed by atoms with van der Waals surface area (Å²) < 4.78 is 0. The van der Waals surface area contributed by atoms with Crippen LogP contribution in [0.15, 0.2) is 16.9 Å². The van der Waals surface area contributed by atoms with Crippen LogP contribution in [0.3, 0.4) is 0 Å². The van der Waals surface area contributed by atoms with Crippen molar-refractivity contribution in [3.05, 3.63) is 11.8 Å². The fourth-order valence-electron chi connectivity index (χ4n) is 2.14. The van der Waals surface area contributed by atoms with Gasteiger partial charge < -0.3 is 15.3 Å². The third-order valence-electron chi connectivity index (χ3n) is 3.32. The molecule has 0 spiro atoms. The van der Waals surface area contributed by atoms with Crippen molar-refractivity contribution in [2.45, 2.75) is 38.9 Å². The van der Waals surface area contributed by atoms with E-state index in [0.717, 1.165) is 6.21 Å². The predicted molar refractivity (Wildman–Crippen MR) is 62.9 cm³/mol. The van der Waals surface area contributed by atoms with Gasteiger partial charge in [0.15, 0.2) is 0 Å². The first-order valence-corrected chi connectivity index (χ1v) is 5.32. The number of likely N-dealkylation sites (N-methyl/N-ethyl adjacent to an activating group) is 1. The lowest BCUT2D eigenvalue weighted by Gasteiger charge is -2.34. The van der Waals surface area contributed by atoms with Crippen molar-refractivity contribution in [2.24, 2.45) is 5.16 Å². The molecule has 1 fully saturated rings. The number of hydroxylamine groups is 2. The summed E-state index contributed by atoms with van der Waals surface area (Å²) in [5.74, 6) is -0.423. The van der Waals surface area contributed by atoms with E-state index in [1.807, 2.05) is 32.6 Å². The van der Waals surface area contributed by atoms with E-state index < -0.39 is 17.0 Å². The Morgan fingerprint density at radius 2 is 1.88 bits per heavy atom. The van der Waals surface area contributed by atoms with Gasteiger partial charge in [0.2, 0.25) is 5.78 Å². The van der Waals surface area contributed by atoms with Crippen LogP contribution in [0, 0.1) is 0 Å². The minimum atomic E-state index is -0.683. The molecule has 1 saturated heterocycles. The maximum absolute atomic E-state index is 11.4. The minimum Gasteiger partial charge on any atom is -0.411 e. The Labute approximate surface area is 101 Å². The summed E-state index contributed by atoms with van der Waals surface area (Å²) in [6, 6.07) is 0. The summed E-state index contributed by atoms with van der Waals surface area (Å²) in [5, 5.41) is 22.3. The fourth-order valence-corrected chi connectivity index (χ4v) is 2.14. The highest BCUT2D eigenvalue weighted by molar-refractivity contribution is 6.32. The van der Waals surface area contributed by atoms with Crippen LogP contribution in [0.2, 0.25) is 0 Å². The normalized spacial score (nSPS) is 26.0. The van der Waals surface area contributed by atoms with Gasteiger partial charge in [-0.15, -0.1) is 0 Å². The van der Waals surface area contributed by atoms with Crippen molar-refractivity contribution in [2.75, 3.05) is 7.05 Å². The van der Waals surface area contributed by atoms with Crippen LogP contribution in [0.1, 0.15) is 27.7 Å². The smallest absolute Gasteiger partial charge is 0.201 e. The van der Waals surface area contributed by atoms with Gasteiger partial charge in [-0.05, 0) is 27.7 Å². The molecule has 1 aliphatic rings. The van der Waals surface area contributed by atoms with Crippen LogP contribution in [0.25, 0.3) is 0 Å². The molecule has 1 heterocycles. The number of rotatable bonds is 2. The molecule has 17 heavy (non-hydrogen) atoms. The zero-order valence-corrected chi connectivity index (χ0v) is 10.8. The molecule has 2 N–H and O–H groups in total. The van der Waals surface area contributed by atoms with Crippen LogP contribution in [0.4, 0.5) is 0 Å². The molecule has 0 aromatic rings. The predicted octanol–water partition coefficient (Wildman–Crippen LogP) is 1.05. The highest BCUT2D eigenvalue weighted by Gasteiger charge is 2.51. The van der Waals surface area contributed by atoms with Crippen LogP contribution in [-0.4, -0.2) is 50.6 Å². The third kappa shape index (κ3) is 2.05. The van der Waals surface area contributed by atoms with Crippen LogP contribution < -0.4 is 0 Å². The molecule has 0 amide bonds. The molecule has 96 valence electrons. The number of oxime groups is 1. The molecule has 0 saturated carbocycles. The van der Waals surface area contributed by atoms with Gasteiger partial charge in [0.25, 0.3) is 0 Å². The molecule has 6 nitrogen and oxygen atoms in total. The van der Waals surface area contributed by atoms with Gasteiger partial charge in [-0.1, -0.05) is 5.16 Å². The Morgan fingerprint density at radius 1 is 1.35 bits per heavy atom. The van der Waals surface area contributed by atoms with Crippen LogP contribution in [-0.2, 0) is 4.79 Å². The number of carbonyl (C=O) groups excluding carboxylic acids is 1. The third-order valence-corrected chi connectivity index (χ3v) is 3.32. The van der Waals surface area contributed by atoms with E-state index in [0.29, 0.717) is 5.70 Å². The van der Waals surface area contributed by atoms with Crippen molar-refractivity contribution in [1.82, 2.24) is 9.96 Å². The van der Waals surface area contributed by atoms with Gasteiger partial charge in [0.1, 0.15) is 11.9 Å². The number of carbonyl (C=O) groups is 1. The van der Waals surface area contributed by atoms with E-state index in [-0.39, 0.29) is 0 Å². The van der Waals surface area contributed by atoms with Gasteiger partial charge in [-0.25, -0.2) is 0 Å². The number of nitrogens with zero attached hydrogens (tertiary/aromatic N) is 3. The average molecular weight is 241 g/mol. The van der Waals surface area contributed by atoms with E-state index in [1.54, 1.807) is 7.05 Å². The van der Waals surface area contributed by atoms with Crippen molar-refractivity contribution in [3.8, 4) is 0 Å². The number of ketones is 1. The SMILES string of the molecule is CN1/C(=C/C(=O)/C=N/O)C(C)(C)N(O)C1(C)C. The Kier molecular flexibility index (Phi) is 3.31. The number of allylic oxidation sites excluding steroid dienone is 1. The Hall–Kier alpha value is -1.40. The first-order valence-electron chi connectivity index (χ1n) is 5.32. The Bertz CT molecular complexity index is 385. The van der Waals surface area contributed by atoms with Crippen molar-refractivity contribution in [1.29, 1.82) is 0 Å². The lowest BCUT2D eigenvalue weighted by Crippen LogP contribution is -2.49. The van der Waals surface area contributed by atoms with Gasteiger partial charge in [0, 0.05) is 18.8 Å². The molecule has 0 aromatic heterocycles. The molecule has 0 radical (unpaired) electrons. The summed E-state index contributed by atoms with van der Waals surface area (Å²) in [4.78, 5) is 13.3. The van der Waals surface area contributed by atoms with E-state index in [4.69, 9.17) is 5.21 Å². The summed E-state index contributed by atoms with van der Waals surface area (Å²) >= 11 is 0. The molecular formula is C11H19N3O3. The fraction of sp³-hybridized carbons (Fsp3) is 0.636. The molecule has 1 aliphatic heterocycles. The maximum atomic E-state index is 11.4. The lowest BCUT2D eigenvalue weighted by atomic mass is 10.0. The van der Waals surface area contributed by atoms with Gasteiger partial charge in [-0.3, -0.25) is 4.79 Å². The van der Waals surface area contributed by atoms with E-state index in [2.05, 4.69) is 5.16 Å². The van der Waals surface area contributed by atoms with Gasteiger partial charge >= 0.3 is 0 Å². The Morgan fingerprint density at radius 3 is 2.24 bits per heavy atom. The quantitative estimate of drug-likeness (QED) is 0.327. The summed E-state index contributed by atoms with van der Waals surface area (Å²) in [5.41, 5.74) is -0.627. The second-order valence-electron chi connectivity index (χ2n) is 5.10. The molecule has 0 atom stereocenters. The molecule has 0 aromatic carbocycles.